The Morgan fingerprint density at radius 1 is 0.971 bits per heavy atom. The lowest BCUT2D eigenvalue weighted by Gasteiger charge is -2.18. The molecule has 0 aliphatic carbocycles. The van der Waals surface area contributed by atoms with E-state index in [1.54, 1.807) is 0 Å². The van der Waals surface area contributed by atoms with E-state index in [0.29, 0.717) is 6.54 Å². The topological polar surface area (TPSA) is 56.1 Å². The molecule has 0 bridgehead atoms. The van der Waals surface area contributed by atoms with Crippen molar-refractivity contribution in [1.82, 2.24) is 14.9 Å². The normalized spacial score (nSPS) is 12.0. The molecule has 0 fully saturated rings. The van der Waals surface area contributed by atoms with E-state index in [0.717, 1.165) is 53.9 Å². The van der Waals surface area contributed by atoms with Crippen molar-refractivity contribution < 1.29 is 9.53 Å². The molecular weight excluding hydrogens is 434 g/mol. The smallest absolute Gasteiger partial charge is 0.257 e. The Morgan fingerprint density at radius 3 is 2.57 bits per heavy atom. The lowest BCUT2D eigenvalue weighted by atomic mass is 10.1. The van der Waals surface area contributed by atoms with Gasteiger partial charge in [-0.15, -0.1) is 0 Å². The lowest BCUT2D eigenvalue weighted by Crippen LogP contribution is -2.29. The van der Waals surface area contributed by atoms with Crippen LogP contribution in [0, 0.1) is 13.8 Å². The number of carbonyl (C=O) groups is 1. The van der Waals surface area contributed by atoms with Crippen molar-refractivity contribution in [3.8, 4) is 5.75 Å². The maximum atomic E-state index is 12.2. The third kappa shape index (κ3) is 6.30. The maximum Gasteiger partial charge on any atom is 0.257 e. The highest BCUT2D eigenvalue weighted by Gasteiger charge is 2.16. The van der Waals surface area contributed by atoms with Gasteiger partial charge in [-0.3, -0.25) is 4.79 Å². The summed E-state index contributed by atoms with van der Waals surface area (Å²) in [6.07, 6.45) is 3.90. The number of aryl methyl sites for hydroxylation is 3. The van der Waals surface area contributed by atoms with Crippen LogP contribution in [0.1, 0.15) is 54.7 Å². The van der Waals surface area contributed by atoms with Crippen molar-refractivity contribution in [3.63, 3.8) is 0 Å². The number of benzene rings is 3. The Kier molecular flexibility index (Phi) is 8.19. The highest BCUT2D eigenvalue weighted by Crippen LogP contribution is 2.27. The highest BCUT2D eigenvalue weighted by molar-refractivity contribution is 5.77. The van der Waals surface area contributed by atoms with Crippen molar-refractivity contribution in [2.75, 3.05) is 13.2 Å². The summed E-state index contributed by atoms with van der Waals surface area (Å²) in [6, 6.07) is 25.2. The predicted molar refractivity (Wildman–Crippen MR) is 142 cm³/mol. The van der Waals surface area contributed by atoms with Gasteiger partial charge in [-0.25, -0.2) is 4.98 Å². The molecule has 0 aliphatic rings. The van der Waals surface area contributed by atoms with Crippen molar-refractivity contribution in [2.45, 2.75) is 52.5 Å². The molecule has 3 aromatic carbocycles. The molecule has 0 saturated carbocycles. The lowest BCUT2D eigenvalue weighted by molar-refractivity contribution is -0.123. The predicted octanol–water partition coefficient (Wildman–Crippen LogP) is 6.17. The first-order valence-corrected chi connectivity index (χ1v) is 12.5. The molecule has 35 heavy (non-hydrogen) atoms. The monoisotopic (exact) mass is 469 g/mol. The summed E-state index contributed by atoms with van der Waals surface area (Å²) in [4.78, 5) is 17.1. The number of fused-ring (bicyclic) bond motifs is 1. The number of unbranched alkanes of at least 4 members (excludes halogenated alkanes) is 2. The molecule has 1 heterocycles. The van der Waals surface area contributed by atoms with Gasteiger partial charge >= 0.3 is 0 Å². The van der Waals surface area contributed by atoms with Crippen LogP contribution >= 0.6 is 0 Å². The van der Waals surface area contributed by atoms with Gasteiger partial charge in [0.05, 0.1) is 17.1 Å². The van der Waals surface area contributed by atoms with Gasteiger partial charge in [-0.1, -0.05) is 61.0 Å². The summed E-state index contributed by atoms with van der Waals surface area (Å²) in [6.45, 7) is 6.95. The van der Waals surface area contributed by atoms with Gasteiger partial charge in [-0.05, 0) is 68.5 Å². The summed E-state index contributed by atoms with van der Waals surface area (Å²) >= 11 is 0. The number of ether oxygens (including phenoxy) is 1. The molecular formula is C30H35N3O2. The minimum absolute atomic E-state index is 0.0473. The van der Waals surface area contributed by atoms with E-state index >= 15 is 0 Å². The third-order valence-electron chi connectivity index (χ3n) is 6.44. The van der Waals surface area contributed by atoms with Crippen molar-refractivity contribution in [3.05, 3.63) is 95.3 Å². The van der Waals surface area contributed by atoms with Crippen LogP contribution in [0.2, 0.25) is 0 Å². The first-order chi connectivity index (χ1) is 17.0. The highest BCUT2D eigenvalue weighted by atomic mass is 16.5. The number of nitrogens with zero attached hydrogens (tertiary/aromatic N) is 2. The molecule has 1 aromatic heterocycles. The fourth-order valence-electron chi connectivity index (χ4n) is 4.45. The zero-order valence-corrected chi connectivity index (χ0v) is 21.0. The number of imidazole rings is 1. The molecule has 0 spiro atoms. The number of nitrogens with one attached hydrogen (secondary N) is 1. The summed E-state index contributed by atoms with van der Waals surface area (Å²) in [5, 5.41) is 2.97. The maximum absolute atomic E-state index is 12.2. The molecule has 0 saturated heterocycles. The summed E-state index contributed by atoms with van der Waals surface area (Å²) in [5.74, 6) is 1.81. The van der Waals surface area contributed by atoms with Gasteiger partial charge in [0.1, 0.15) is 11.6 Å². The van der Waals surface area contributed by atoms with E-state index in [1.807, 2.05) is 38.1 Å². The average Bonchev–Trinajstić information content (AvgIpc) is 3.25. The van der Waals surface area contributed by atoms with Gasteiger partial charge in [0, 0.05) is 13.0 Å². The first kappa shape index (κ1) is 24.5. The van der Waals surface area contributed by atoms with Crippen molar-refractivity contribution in [2.24, 2.45) is 0 Å². The number of amides is 1. The minimum Gasteiger partial charge on any atom is -0.483 e. The first-order valence-electron chi connectivity index (χ1n) is 12.5. The molecule has 0 aliphatic heterocycles. The Balaban J connectivity index is 1.26. The van der Waals surface area contributed by atoms with Crippen LogP contribution in [0.25, 0.3) is 11.0 Å². The SMILES string of the molecule is Cc1ccc(C)c(OCC(=O)NCCCCCc2nc3ccccc3n2C(C)c2ccccc2)c1. The van der Waals surface area contributed by atoms with E-state index < -0.39 is 0 Å². The number of aromatic nitrogens is 2. The number of carbonyl (C=O) groups excluding carboxylic acids is 1. The van der Waals surface area contributed by atoms with Gasteiger partial charge in [0.15, 0.2) is 6.61 Å². The van der Waals surface area contributed by atoms with E-state index in [-0.39, 0.29) is 18.6 Å². The van der Waals surface area contributed by atoms with Crippen molar-refractivity contribution in [1.29, 1.82) is 0 Å². The molecule has 1 atom stereocenters. The summed E-state index contributed by atoms with van der Waals surface area (Å²) < 4.78 is 8.07. The van der Waals surface area contributed by atoms with Crippen LogP contribution in [-0.4, -0.2) is 28.6 Å². The molecule has 1 N–H and O–H groups in total. The molecule has 1 unspecified atom stereocenters. The second-order valence-electron chi connectivity index (χ2n) is 9.19. The van der Waals surface area contributed by atoms with Gasteiger partial charge in [-0.2, -0.15) is 0 Å². The quantitative estimate of drug-likeness (QED) is 0.267. The van der Waals surface area contributed by atoms with Crippen LogP contribution in [0.3, 0.4) is 0 Å². The van der Waals surface area contributed by atoms with Crippen molar-refractivity contribution >= 4 is 16.9 Å². The largest absolute Gasteiger partial charge is 0.483 e. The summed E-state index contributed by atoms with van der Waals surface area (Å²) in [7, 11) is 0. The van der Waals surface area contributed by atoms with E-state index in [9.17, 15) is 4.79 Å². The van der Waals surface area contributed by atoms with Crippen LogP contribution in [0.4, 0.5) is 0 Å². The Morgan fingerprint density at radius 2 is 1.74 bits per heavy atom. The van der Waals surface area contributed by atoms with Crippen LogP contribution in [0.15, 0.2) is 72.8 Å². The van der Waals surface area contributed by atoms with Gasteiger partial charge < -0.3 is 14.6 Å². The fraction of sp³-hybridized carbons (Fsp3) is 0.333. The van der Waals surface area contributed by atoms with E-state index in [1.165, 1.54) is 11.1 Å². The molecule has 4 aromatic rings. The molecule has 182 valence electrons. The number of rotatable bonds is 11. The average molecular weight is 470 g/mol. The Labute approximate surface area is 208 Å². The van der Waals surface area contributed by atoms with Crippen LogP contribution < -0.4 is 10.1 Å². The van der Waals surface area contributed by atoms with Gasteiger partial charge in [0.2, 0.25) is 0 Å². The molecule has 5 nitrogen and oxygen atoms in total. The van der Waals surface area contributed by atoms with Crippen LogP contribution in [0.5, 0.6) is 5.75 Å². The summed E-state index contributed by atoms with van der Waals surface area (Å²) in [5.41, 5.74) is 5.66. The standard InChI is InChI=1S/C30H35N3O2/c1-22-17-18-23(2)28(20-22)35-21-30(34)31-19-11-5-8-16-29-32-26-14-9-10-15-27(26)33(29)24(3)25-12-6-4-7-13-25/h4,6-7,9-10,12-15,17-18,20,24H,5,8,11,16,19,21H2,1-3H3,(H,31,34). The Hall–Kier alpha value is -3.60. The number of hydrogen-bond acceptors (Lipinski definition) is 3. The molecule has 0 radical (unpaired) electrons. The second kappa shape index (κ2) is 11.7. The molecule has 5 heteroatoms. The zero-order chi connectivity index (χ0) is 24.6. The minimum atomic E-state index is -0.0793. The zero-order valence-electron chi connectivity index (χ0n) is 21.0. The second-order valence-corrected chi connectivity index (χ2v) is 9.19. The fourth-order valence-corrected chi connectivity index (χ4v) is 4.45. The Bertz CT molecular complexity index is 1260. The number of hydrogen-bond donors (Lipinski definition) is 1. The molecule has 4 rings (SSSR count). The third-order valence-corrected chi connectivity index (χ3v) is 6.44. The van der Waals surface area contributed by atoms with E-state index in [2.05, 4.69) is 65.3 Å². The number of para-hydroxylation sites is 2. The van der Waals surface area contributed by atoms with Gasteiger partial charge in [0.25, 0.3) is 5.91 Å². The van der Waals surface area contributed by atoms with E-state index in [4.69, 9.17) is 9.72 Å². The molecule has 1 amide bonds. The van der Waals surface area contributed by atoms with Crippen LogP contribution in [-0.2, 0) is 11.2 Å².